The Morgan fingerprint density at radius 1 is 1.30 bits per heavy atom. The number of carbonyl (C=O) groups excluding carboxylic acids is 1. The van der Waals surface area contributed by atoms with Crippen LogP contribution >= 0.6 is 15.9 Å². The van der Waals surface area contributed by atoms with E-state index in [0.717, 1.165) is 6.07 Å². The average Bonchev–Trinajstić information content (AvgIpc) is 2.37. The quantitative estimate of drug-likeness (QED) is 0.766. The molecule has 0 aliphatic carbocycles. The molecule has 0 saturated carbocycles. The molecule has 1 amide bonds. The number of hydrogen-bond donors (Lipinski definition) is 2. The highest BCUT2D eigenvalue weighted by Gasteiger charge is 2.32. The highest BCUT2D eigenvalue weighted by molar-refractivity contribution is 9.10. The molecule has 2 N–H and O–H groups in total. The minimum atomic E-state index is -4.88. The maximum Gasteiger partial charge on any atom is 0.573 e. The van der Waals surface area contributed by atoms with Gasteiger partial charge in [-0.1, -0.05) is 0 Å². The number of halogens is 4. The lowest BCUT2D eigenvalue weighted by molar-refractivity contribution is -0.274. The Balaban J connectivity index is 2.88. The number of alkyl halides is 3. The number of carbonyl (C=O) groups is 2. The number of benzene rings is 1. The van der Waals surface area contributed by atoms with Crippen LogP contribution in [0.2, 0.25) is 0 Å². The Morgan fingerprint density at radius 2 is 1.91 bits per heavy atom. The maximum atomic E-state index is 12.3. The van der Waals surface area contributed by atoms with Gasteiger partial charge in [-0.3, -0.25) is 9.59 Å². The summed E-state index contributed by atoms with van der Waals surface area (Å²) in [6, 6.07) is 3.55. The monoisotopic (exact) mass is 397 g/mol. The number of rotatable bonds is 6. The Kier molecular flexibility index (Phi) is 6.04. The van der Waals surface area contributed by atoms with Crippen LogP contribution in [0.3, 0.4) is 0 Å². The lowest BCUT2D eigenvalue weighted by Crippen LogP contribution is -2.43. The zero-order valence-corrected chi connectivity index (χ0v) is 13.9. The van der Waals surface area contributed by atoms with Gasteiger partial charge in [0.1, 0.15) is 5.75 Å². The summed E-state index contributed by atoms with van der Waals surface area (Å²) in [6.45, 7) is 3.25. The number of aliphatic carboxylic acids is 1. The highest BCUT2D eigenvalue weighted by Crippen LogP contribution is 2.31. The van der Waals surface area contributed by atoms with Crippen molar-refractivity contribution in [2.75, 3.05) is 0 Å². The Labute approximate surface area is 138 Å². The first-order valence-electron chi connectivity index (χ1n) is 6.49. The zero-order chi connectivity index (χ0) is 17.8. The number of carboxylic acid groups (broad SMARTS) is 1. The van der Waals surface area contributed by atoms with Crippen molar-refractivity contribution < 1.29 is 32.6 Å². The van der Waals surface area contributed by atoms with Gasteiger partial charge in [-0.25, -0.2) is 0 Å². The summed E-state index contributed by atoms with van der Waals surface area (Å²) >= 11 is 2.91. The third kappa shape index (κ3) is 6.89. The van der Waals surface area contributed by atoms with Crippen molar-refractivity contribution in [3.8, 4) is 5.75 Å². The molecule has 1 aromatic carbocycles. The van der Waals surface area contributed by atoms with Crippen molar-refractivity contribution in [2.24, 2.45) is 0 Å². The van der Waals surface area contributed by atoms with Gasteiger partial charge < -0.3 is 15.2 Å². The summed E-state index contributed by atoms with van der Waals surface area (Å²) in [5.74, 6) is -2.16. The van der Waals surface area contributed by atoms with E-state index in [9.17, 15) is 22.8 Å². The van der Waals surface area contributed by atoms with E-state index < -0.39 is 29.5 Å². The van der Waals surface area contributed by atoms with Crippen LogP contribution < -0.4 is 10.1 Å². The summed E-state index contributed by atoms with van der Waals surface area (Å²) in [7, 11) is 0. The molecule has 1 aromatic rings. The summed E-state index contributed by atoms with van der Waals surface area (Å²) in [5, 5.41) is 11.2. The van der Waals surface area contributed by atoms with E-state index in [2.05, 4.69) is 26.0 Å². The smallest absolute Gasteiger partial charge is 0.481 e. The standard InChI is InChI=1S/C14H15BrF3NO4/c1-13(2,6-5-11(20)21)19-12(22)8-3-4-9(15)10(7-8)23-14(16,17)18/h3-4,7H,5-6H2,1-2H3,(H,19,22)(H,20,21). The molecular weight excluding hydrogens is 383 g/mol. The van der Waals surface area contributed by atoms with Crippen molar-refractivity contribution in [3.05, 3.63) is 28.2 Å². The van der Waals surface area contributed by atoms with E-state index in [-0.39, 0.29) is 22.9 Å². The van der Waals surface area contributed by atoms with Gasteiger partial charge in [0.2, 0.25) is 0 Å². The first kappa shape index (κ1) is 19.3. The molecule has 0 spiro atoms. The molecule has 23 heavy (non-hydrogen) atoms. The van der Waals surface area contributed by atoms with Crippen LogP contribution in [0.25, 0.3) is 0 Å². The first-order valence-corrected chi connectivity index (χ1v) is 7.28. The van der Waals surface area contributed by atoms with E-state index in [1.807, 2.05) is 0 Å². The van der Waals surface area contributed by atoms with Crippen molar-refractivity contribution in [3.63, 3.8) is 0 Å². The number of ether oxygens (including phenoxy) is 1. The SMILES string of the molecule is CC(C)(CCC(=O)O)NC(=O)c1ccc(Br)c(OC(F)(F)F)c1. The second-order valence-electron chi connectivity index (χ2n) is 5.42. The van der Waals surface area contributed by atoms with Gasteiger partial charge in [0.15, 0.2) is 0 Å². The Hall–Kier alpha value is -1.77. The van der Waals surface area contributed by atoms with Gasteiger partial charge in [0.05, 0.1) is 4.47 Å². The van der Waals surface area contributed by atoms with Crippen LogP contribution in [0.1, 0.15) is 37.0 Å². The third-order valence-corrected chi connectivity index (χ3v) is 3.49. The molecule has 0 aliphatic rings. The van der Waals surface area contributed by atoms with E-state index in [4.69, 9.17) is 5.11 Å². The summed E-state index contributed by atoms with van der Waals surface area (Å²) in [5.41, 5.74) is -0.857. The fraction of sp³-hybridized carbons (Fsp3) is 0.429. The lowest BCUT2D eigenvalue weighted by atomic mass is 9.97. The molecule has 128 valence electrons. The number of nitrogens with one attached hydrogen (secondary N) is 1. The molecule has 0 unspecified atom stereocenters. The first-order chi connectivity index (χ1) is 10.4. The topological polar surface area (TPSA) is 75.6 Å². The average molecular weight is 398 g/mol. The van der Waals surface area contributed by atoms with Gasteiger partial charge in [0, 0.05) is 17.5 Å². The molecule has 0 fully saturated rings. The van der Waals surface area contributed by atoms with Crippen LogP contribution in [0.15, 0.2) is 22.7 Å². The second kappa shape index (κ2) is 7.20. The van der Waals surface area contributed by atoms with Gasteiger partial charge in [-0.15, -0.1) is 13.2 Å². The fourth-order valence-electron chi connectivity index (χ4n) is 1.71. The summed E-state index contributed by atoms with van der Waals surface area (Å²) in [4.78, 5) is 22.7. The van der Waals surface area contributed by atoms with Crippen LogP contribution in [0, 0.1) is 0 Å². The fourth-order valence-corrected chi connectivity index (χ4v) is 2.04. The molecule has 0 saturated heterocycles. The molecule has 9 heteroatoms. The molecular formula is C14H15BrF3NO4. The molecule has 1 rings (SSSR count). The number of carboxylic acids is 1. The Bertz CT molecular complexity index is 602. The van der Waals surface area contributed by atoms with Crippen molar-refractivity contribution in [2.45, 2.75) is 38.6 Å². The summed E-state index contributed by atoms with van der Waals surface area (Å²) in [6.07, 6.45) is -4.84. The minimum Gasteiger partial charge on any atom is -0.481 e. The predicted molar refractivity (Wildman–Crippen MR) is 79.2 cm³/mol. The summed E-state index contributed by atoms with van der Waals surface area (Å²) < 4.78 is 40.8. The minimum absolute atomic E-state index is 0.0316. The van der Waals surface area contributed by atoms with E-state index >= 15 is 0 Å². The van der Waals surface area contributed by atoms with E-state index in [1.165, 1.54) is 12.1 Å². The highest BCUT2D eigenvalue weighted by atomic mass is 79.9. The van der Waals surface area contributed by atoms with E-state index in [1.54, 1.807) is 13.8 Å². The third-order valence-electron chi connectivity index (χ3n) is 2.83. The molecule has 0 radical (unpaired) electrons. The van der Waals surface area contributed by atoms with Gasteiger partial charge >= 0.3 is 12.3 Å². The maximum absolute atomic E-state index is 12.3. The van der Waals surface area contributed by atoms with Crippen LogP contribution in [0.5, 0.6) is 5.75 Å². The molecule has 0 bridgehead atoms. The van der Waals surface area contributed by atoms with Crippen molar-refractivity contribution >= 4 is 27.8 Å². The normalized spacial score (nSPS) is 11.9. The molecule has 0 aliphatic heterocycles. The number of hydrogen-bond acceptors (Lipinski definition) is 3. The van der Waals surface area contributed by atoms with Crippen LogP contribution in [0.4, 0.5) is 13.2 Å². The lowest BCUT2D eigenvalue weighted by Gasteiger charge is -2.25. The largest absolute Gasteiger partial charge is 0.573 e. The van der Waals surface area contributed by atoms with Gasteiger partial charge in [0.25, 0.3) is 5.91 Å². The Morgan fingerprint density at radius 3 is 2.43 bits per heavy atom. The molecule has 0 heterocycles. The van der Waals surface area contributed by atoms with Gasteiger partial charge in [-0.05, 0) is 54.4 Å². The second-order valence-corrected chi connectivity index (χ2v) is 6.28. The molecule has 5 nitrogen and oxygen atoms in total. The van der Waals surface area contributed by atoms with E-state index in [0.29, 0.717) is 0 Å². The van der Waals surface area contributed by atoms with Crippen LogP contribution in [-0.4, -0.2) is 28.9 Å². The van der Waals surface area contributed by atoms with Crippen LogP contribution in [-0.2, 0) is 4.79 Å². The predicted octanol–water partition coefficient (Wildman–Crippen LogP) is 3.72. The van der Waals surface area contributed by atoms with Crippen molar-refractivity contribution in [1.82, 2.24) is 5.32 Å². The molecule has 0 atom stereocenters. The van der Waals surface area contributed by atoms with Gasteiger partial charge in [-0.2, -0.15) is 0 Å². The zero-order valence-electron chi connectivity index (χ0n) is 12.3. The number of amides is 1. The molecule has 0 aromatic heterocycles. The van der Waals surface area contributed by atoms with Crippen molar-refractivity contribution in [1.29, 1.82) is 0 Å².